The van der Waals surface area contributed by atoms with Crippen molar-refractivity contribution in [3.05, 3.63) is 52.5 Å². The van der Waals surface area contributed by atoms with Crippen molar-refractivity contribution in [2.24, 2.45) is 10.7 Å². The summed E-state index contributed by atoms with van der Waals surface area (Å²) in [6, 6.07) is 5.19. The summed E-state index contributed by atoms with van der Waals surface area (Å²) in [5.41, 5.74) is 8.07. The third-order valence-electron chi connectivity index (χ3n) is 7.71. The number of ether oxygens (including phenoxy) is 2. The number of hydrogen-bond donors (Lipinski definition) is 1. The number of aromatic nitrogens is 1. The molecule has 0 bridgehead atoms. The number of methoxy groups -OCH3 is 2. The first-order valence-electron chi connectivity index (χ1n) is 12.7. The molecule has 1 amide bonds. The Morgan fingerprint density at radius 2 is 1.97 bits per heavy atom. The van der Waals surface area contributed by atoms with Crippen LogP contribution in [0.25, 0.3) is 5.57 Å². The maximum atomic E-state index is 15.3. The van der Waals surface area contributed by atoms with Gasteiger partial charge in [-0.15, -0.1) is 0 Å². The summed E-state index contributed by atoms with van der Waals surface area (Å²) < 4.78 is 40.8. The number of carbonyl (C=O) groups is 1. The number of nitrogens with zero attached hydrogens (tertiary/aromatic N) is 5. The van der Waals surface area contributed by atoms with Crippen LogP contribution in [0.3, 0.4) is 0 Å². The van der Waals surface area contributed by atoms with Gasteiger partial charge in [0.25, 0.3) is 0 Å². The molecular weight excluding hydrogens is 506 g/mol. The molecule has 1 spiro atoms. The van der Waals surface area contributed by atoms with Crippen LogP contribution in [0.15, 0.2) is 29.0 Å². The van der Waals surface area contributed by atoms with Crippen molar-refractivity contribution in [2.75, 3.05) is 38.8 Å². The molecule has 2 aliphatic heterocycles. The summed E-state index contributed by atoms with van der Waals surface area (Å²) in [6.07, 6.45) is 5.30. The van der Waals surface area contributed by atoms with E-state index in [4.69, 9.17) is 25.5 Å². The normalized spacial score (nSPS) is 20.7. The Kier molecular flexibility index (Phi) is 6.99. The topological polar surface area (TPSA) is 117 Å². The van der Waals surface area contributed by atoms with Gasteiger partial charge in [0, 0.05) is 42.8 Å². The van der Waals surface area contributed by atoms with Crippen molar-refractivity contribution < 1.29 is 23.0 Å². The summed E-state index contributed by atoms with van der Waals surface area (Å²) in [5.74, 6) is -2.74. The average molecular weight is 537 g/mol. The van der Waals surface area contributed by atoms with Crippen molar-refractivity contribution in [2.45, 2.75) is 44.2 Å². The zero-order chi connectivity index (χ0) is 27.9. The Morgan fingerprint density at radius 3 is 2.56 bits per heavy atom. The molecule has 1 saturated carbocycles. The number of carbonyl (C=O) groups excluding carboxylic acids is 1. The van der Waals surface area contributed by atoms with E-state index in [1.54, 1.807) is 19.3 Å². The minimum Gasteiger partial charge on any atom is -0.493 e. The molecule has 9 nitrogen and oxygen atoms in total. The van der Waals surface area contributed by atoms with Gasteiger partial charge in [-0.25, -0.2) is 8.78 Å². The van der Waals surface area contributed by atoms with E-state index < -0.39 is 22.7 Å². The molecule has 5 rings (SSSR count). The fourth-order valence-electron chi connectivity index (χ4n) is 5.44. The van der Waals surface area contributed by atoms with Gasteiger partial charge in [-0.3, -0.25) is 19.7 Å². The summed E-state index contributed by atoms with van der Waals surface area (Å²) in [6.45, 7) is 3.60. The molecule has 0 radical (unpaired) electrons. The zero-order valence-corrected chi connectivity index (χ0v) is 22.1. The van der Waals surface area contributed by atoms with Gasteiger partial charge in [-0.2, -0.15) is 5.26 Å². The van der Waals surface area contributed by atoms with Crippen molar-refractivity contribution in [1.82, 2.24) is 9.88 Å². The number of nitrogens with two attached hydrogens (primary N) is 1. The van der Waals surface area contributed by atoms with Crippen LogP contribution >= 0.6 is 0 Å². The Balaban J connectivity index is 1.49. The van der Waals surface area contributed by atoms with E-state index >= 15 is 8.78 Å². The monoisotopic (exact) mass is 536 g/mol. The molecule has 2 N–H and O–H groups in total. The third-order valence-corrected chi connectivity index (χ3v) is 7.71. The van der Waals surface area contributed by atoms with Gasteiger partial charge in [0.15, 0.2) is 23.1 Å². The zero-order valence-electron chi connectivity index (χ0n) is 22.1. The number of hydrogen-bond acceptors (Lipinski definition) is 8. The molecule has 204 valence electrons. The quantitative estimate of drug-likeness (QED) is 0.426. The van der Waals surface area contributed by atoms with Crippen LogP contribution in [0.1, 0.15) is 43.0 Å². The fourth-order valence-corrected chi connectivity index (χ4v) is 5.44. The lowest BCUT2D eigenvalue weighted by Gasteiger charge is -2.35. The first-order valence-corrected chi connectivity index (χ1v) is 12.7. The van der Waals surface area contributed by atoms with Crippen LogP contribution in [0, 0.1) is 23.0 Å². The van der Waals surface area contributed by atoms with Gasteiger partial charge in [-0.05, 0) is 43.4 Å². The Morgan fingerprint density at radius 1 is 1.28 bits per heavy atom. The van der Waals surface area contributed by atoms with Crippen LogP contribution in [0.4, 0.5) is 14.5 Å². The number of pyridine rings is 1. The van der Waals surface area contributed by atoms with Crippen LogP contribution in [0.2, 0.25) is 0 Å². The number of rotatable bonds is 7. The van der Waals surface area contributed by atoms with E-state index in [2.05, 4.69) is 16.0 Å². The lowest BCUT2D eigenvalue weighted by atomic mass is 9.85. The number of halogens is 2. The molecule has 3 heterocycles. The molecule has 39 heavy (non-hydrogen) atoms. The van der Waals surface area contributed by atoms with Crippen LogP contribution < -0.4 is 20.1 Å². The molecule has 2 fully saturated rings. The van der Waals surface area contributed by atoms with Gasteiger partial charge in [0.2, 0.25) is 5.91 Å². The van der Waals surface area contributed by atoms with Gasteiger partial charge in [0.05, 0.1) is 50.5 Å². The van der Waals surface area contributed by atoms with Gasteiger partial charge in [0.1, 0.15) is 5.69 Å². The summed E-state index contributed by atoms with van der Waals surface area (Å²) in [7, 11) is 2.53. The number of likely N-dealkylation sites (tertiary alicyclic amines) is 1. The molecule has 1 unspecified atom stereocenters. The first-order chi connectivity index (χ1) is 18.7. The first kappa shape index (κ1) is 26.6. The summed E-state index contributed by atoms with van der Waals surface area (Å²) in [5, 5.41) is 8.93. The van der Waals surface area contributed by atoms with Gasteiger partial charge in [-0.1, -0.05) is 0 Å². The SMILES string of the molecule is COc1cc(OC)c(F)c(N2Cc3cnc(C(C=NC4CCN(CC#N)C4)=C(C)N)cc3C3(CC3)C2=O)c1F. The minimum atomic E-state index is -0.964. The van der Waals surface area contributed by atoms with E-state index in [-0.39, 0.29) is 30.0 Å². The largest absolute Gasteiger partial charge is 0.493 e. The molecule has 1 aliphatic carbocycles. The summed E-state index contributed by atoms with van der Waals surface area (Å²) in [4.78, 5) is 26.3. The number of benzene rings is 1. The molecule has 11 heteroatoms. The highest BCUT2D eigenvalue weighted by molar-refractivity contribution is 6.11. The second kappa shape index (κ2) is 10.3. The Bertz CT molecular complexity index is 1400. The van der Waals surface area contributed by atoms with Crippen molar-refractivity contribution in [3.63, 3.8) is 0 Å². The highest BCUT2D eigenvalue weighted by atomic mass is 19.1. The van der Waals surface area contributed by atoms with E-state index in [9.17, 15) is 4.79 Å². The van der Waals surface area contributed by atoms with E-state index in [1.165, 1.54) is 14.2 Å². The molecule has 1 saturated heterocycles. The highest BCUT2D eigenvalue weighted by Gasteiger charge is 2.57. The van der Waals surface area contributed by atoms with Crippen molar-refractivity contribution >= 4 is 23.4 Å². The maximum Gasteiger partial charge on any atom is 0.238 e. The van der Waals surface area contributed by atoms with Crippen molar-refractivity contribution in [3.8, 4) is 17.6 Å². The Hall–Kier alpha value is -4.04. The Labute approximate surface area is 225 Å². The number of aliphatic imine (C=N–C) groups is 1. The molecule has 1 atom stereocenters. The van der Waals surface area contributed by atoms with E-state index in [0.717, 1.165) is 29.5 Å². The standard InChI is InChI=1S/C28H30F2N6O3/c1-16(32)19(13-33-18-4-8-35(15-18)9-7-31)21-10-20-17(12-34-21)14-36(27(37)28(20)5-6-28)26-24(29)22(38-2)11-23(39-3)25(26)30/h10-13,18H,4-6,8-9,14-15,32H2,1-3H3. The highest BCUT2D eigenvalue weighted by Crippen LogP contribution is 2.55. The molecule has 2 aromatic rings. The molecule has 1 aromatic heterocycles. The summed E-state index contributed by atoms with van der Waals surface area (Å²) >= 11 is 0. The predicted molar refractivity (Wildman–Crippen MR) is 142 cm³/mol. The lowest BCUT2D eigenvalue weighted by Crippen LogP contribution is -2.45. The van der Waals surface area contributed by atoms with Gasteiger partial charge >= 0.3 is 0 Å². The fraction of sp³-hybridized carbons (Fsp3) is 0.429. The van der Waals surface area contributed by atoms with E-state index in [1.807, 2.05) is 6.07 Å². The number of allylic oxidation sites excluding steroid dienone is 2. The second-order valence-electron chi connectivity index (χ2n) is 10.2. The molecule has 3 aliphatic rings. The molecular formula is C28H30F2N6O3. The third kappa shape index (κ3) is 4.59. The van der Waals surface area contributed by atoms with Crippen molar-refractivity contribution in [1.29, 1.82) is 5.26 Å². The van der Waals surface area contributed by atoms with Crippen LogP contribution in [0.5, 0.6) is 11.5 Å². The number of fused-ring (bicyclic) bond motifs is 2. The lowest BCUT2D eigenvalue weighted by molar-refractivity contribution is -0.121. The number of amides is 1. The maximum absolute atomic E-state index is 15.3. The van der Waals surface area contributed by atoms with E-state index in [0.29, 0.717) is 48.5 Å². The predicted octanol–water partition coefficient (Wildman–Crippen LogP) is 3.31. The van der Waals surface area contributed by atoms with Gasteiger partial charge < -0.3 is 20.1 Å². The number of nitriles is 1. The van der Waals surface area contributed by atoms with Crippen LogP contribution in [-0.2, 0) is 16.8 Å². The smallest absolute Gasteiger partial charge is 0.238 e. The average Bonchev–Trinajstić information content (AvgIpc) is 3.60. The van der Waals surface area contributed by atoms with Crippen LogP contribution in [-0.4, -0.2) is 61.9 Å². The molecule has 1 aromatic carbocycles. The second-order valence-corrected chi connectivity index (χ2v) is 10.2. The number of anilines is 1. The minimum absolute atomic E-state index is 0.0554.